The van der Waals surface area contributed by atoms with Crippen LogP contribution in [0.4, 0.5) is 15.8 Å². The van der Waals surface area contributed by atoms with Gasteiger partial charge in [0.25, 0.3) is 11.8 Å². The molecule has 0 saturated heterocycles. The molecule has 0 aliphatic rings. The number of hydrogen-bond donors (Lipinski definition) is 2. The van der Waals surface area contributed by atoms with Crippen LogP contribution in [-0.4, -0.2) is 26.0 Å². The van der Waals surface area contributed by atoms with Crippen LogP contribution in [0.2, 0.25) is 0 Å². The fraction of sp³-hybridized carbons (Fsp3) is 0.0833. The molecule has 0 bridgehead atoms. The second kappa shape index (κ2) is 10.1. The van der Waals surface area contributed by atoms with E-state index in [0.717, 1.165) is 0 Å². The van der Waals surface area contributed by atoms with Gasteiger partial charge in [-0.15, -0.1) is 0 Å². The Labute approximate surface area is 179 Å². The largest absolute Gasteiger partial charge is 0.495 e. The highest BCUT2D eigenvalue weighted by Crippen LogP contribution is 2.26. The van der Waals surface area contributed by atoms with Gasteiger partial charge in [-0.2, -0.15) is 0 Å². The Kier molecular flexibility index (Phi) is 7.01. The molecule has 0 aromatic heterocycles. The molecule has 0 aliphatic carbocycles. The van der Waals surface area contributed by atoms with Gasteiger partial charge < -0.3 is 20.1 Å². The van der Waals surface area contributed by atoms with Crippen molar-refractivity contribution in [1.29, 1.82) is 0 Å². The van der Waals surface area contributed by atoms with Crippen LogP contribution >= 0.6 is 0 Å². The van der Waals surface area contributed by atoms with Gasteiger partial charge in [0.1, 0.15) is 22.9 Å². The summed E-state index contributed by atoms with van der Waals surface area (Å²) in [6, 6.07) is 19.4. The first-order valence-corrected chi connectivity index (χ1v) is 9.38. The Morgan fingerprint density at radius 2 is 1.19 bits per heavy atom. The van der Waals surface area contributed by atoms with Crippen molar-refractivity contribution in [3.8, 4) is 11.5 Å². The zero-order valence-corrected chi connectivity index (χ0v) is 17.0. The van der Waals surface area contributed by atoms with Crippen molar-refractivity contribution in [3.05, 3.63) is 89.8 Å². The number of halogens is 1. The van der Waals surface area contributed by atoms with E-state index in [1.807, 2.05) is 0 Å². The van der Waals surface area contributed by atoms with Crippen molar-refractivity contribution < 1.29 is 23.5 Å². The van der Waals surface area contributed by atoms with E-state index in [4.69, 9.17) is 9.47 Å². The number of para-hydroxylation sites is 4. The molecule has 0 atom stereocenters. The minimum atomic E-state index is -0.722. The van der Waals surface area contributed by atoms with Crippen LogP contribution in [0.3, 0.4) is 0 Å². The van der Waals surface area contributed by atoms with E-state index in [1.54, 1.807) is 54.6 Å². The van der Waals surface area contributed by atoms with E-state index < -0.39 is 17.6 Å². The summed E-state index contributed by atoms with van der Waals surface area (Å²) >= 11 is 0. The van der Waals surface area contributed by atoms with Gasteiger partial charge in [0.15, 0.2) is 0 Å². The molecule has 0 fully saturated rings. The fourth-order valence-corrected chi connectivity index (χ4v) is 2.86. The standard InChI is InChI=1S/C24H21FN2O4/c1-30-21-13-7-5-11-19(21)26-23(28)17(15-16-9-3-4-10-18(16)25)24(29)27-20-12-6-8-14-22(20)31-2/h3-15H,1-2H3,(H,26,28)(H,27,29). The lowest BCUT2D eigenvalue weighted by molar-refractivity contribution is -0.118. The minimum absolute atomic E-state index is 0.0999. The number of nitrogens with one attached hydrogen (secondary N) is 2. The SMILES string of the molecule is COc1ccccc1NC(=O)C(=Cc1ccccc1F)C(=O)Nc1ccccc1OC. The van der Waals surface area contributed by atoms with Gasteiger partial charge in [0.2, 0.25) is 0 Å². The van der Waals surface area contributed by atoms with E-state index in [9.17, 15) is 14.0 Å². The quantitative estimate of drug-likeness (QED) is 0.335. The number of carbonyl (C=O) groups is 2. The summed E-state index contributed by atoms with van der Waals surface area (Å²) in [6.07, 6.45) is 1.20. The molecule has 7 heteroatoms. The van der Waals surface area contributed by atoms with Crippen LogP contribution in [0.1, 0.15) is 5.56 Å². The number of carbonyl (C=O) groups excluding carboxylic acids is 2. The molecule has 6 nitrogen and oxygen atoms in total. The average Bonchev–Trinajstić information content (AvgIpc) is 2.79. The van der Waals surface area contributed by atoms with Gasteiger partial charge in [0, 0.05) is 5.56 Å². The molecule has 3 aromatic carbocycles. The van der Waals surface area contributed by atoms with Crippen molar-refractivity contribution >= 4 is 29.3 Å². The summed E-state index contributed by atoms with van der Waals surface area (Å²) in [5.74, 6) is -1.16. The van der Waals surface area contributed by atoms with E-state index in [2.05, 4.69) is 10.6 Å². The molecule has 0 spiro atoms. The third-order valence-electron chi connectivity index (χ3n) is 4.40. The molecule has 3 aromatic rings. The van der Waals surface area contributed by atoms with Crippen LogP contribution in [0.5, 0.6) is 11.5 Å². The highest BCUT2D eigenvalue weighted by molar-refractivity contribution is 6.29. The Morgan fingerprint density at radius 1 is 0.742 bits per heavy atom. The average molecular weight is 420 g/mol. The maximum atomic E-state index is 14.2. The summed E-state index contributed by atoms with van der Waals surface area (Å²) in [7, 11) is 2.94. The van der Waals surface area contributed by atoms with E-state index in [0.29, 0.717) is 22.9 Å². The summed E-state index contributed by atoms with van der Waals surface area (Å²) < 4.78 is 24.7. The first-order chi connectivity index (χ1) is 15.0. The Morgan fingerprint density at radius 3 is 1.68 bits per heavy atom. The van der Waals surface area contributed by atoms with Crippen LogP contribution in [0, 0.1) is 5.82 Å². The van der Waals surface area contributed by atoms with Crippen LogP contribution in [0.25, 0.3) is 6.08 Å². The summed E-state index contributed by atoms with van der Waals surface area (Å²) in [4.78, 5) is 26.1. The Balaban J connectivity index is 1.97. The molecule has 158 valence electrons. The van der Waals surface area contributed by atoms with E-state index in [1.165, 1.54) is 38.5 Å². The number of anilines is 2. The predicted molar refractivity (Wildman–Crippen MR) is 118 cm³/mol. The fourth-order valence-electron chi connectivity index (χ4n) is 2.86. The molecule has 0 radical (unpaired) electrons. The molecule has 0 saturated carbocycles. The number of amides is 2. The number of ether oxygens (including phenoxy) is 2. The van der Waals surface area contributed by atoms with E-state index in [-0.39, 0.29) is 11.1 Å². The molecular weight excluding hydrogens is 399 g/mol. The Bertz CT molecular complexity index is 1060. The topological polar surface area (TPSA) is 76.7 Å². The van der Waals surface area contributed by atoms with Gasteiger partial charge >= 0.3 is 0 Å². The number of benzene rings is 3. The second-order valence-electron chi connectivity index (χ2n) is 6.39. The summed E-state index contributed by atoms with van der Waals surface area (Å²) in [5.41, 5.74) is 0.559. The summed E-state index contributed by atoms with van der Waals surface area (Å²) in [6.45, 7) is 0. The summed E-state index contributed by atoms with van der Waals surface area (Å²) in [5, 5.41) is 5.30. The van der Waals surface area contributed by atoms with Crippen molar-refractivity contribution in [2.45, 2.75) is 0 Å². The van der Waals surface area contributed by atoms with Crippen LogP contribution < -0.4 is 20.1 Å². The highest BCUT2D eigenvalue weighted by atomic mass is 19.1. The molecule has 2 amide bonds. The van der Waals surface area contributed by atoms with Crippen LogP contribution in [-0.2, 0) is 9.59 Å². The maximum absolute atomic E-state index is 14.2. The Hall–Kier alpha value is -4.13. The van der Waals surface area contributed by atoms with Gasteiger partial charge in [-0.25, -0.2) is 4.39 Å². The zero-order chi connectivity index (χ0) is 22.2. The molecular formula is C24H21FN2O4. The molecule has 31 heavy (non-hydrogen) atoms. The maximum Gasteiger partial charge on any atom is 0.261 e. The normalized spacial score (nSPS) is 10.0. The van der Waals surface area contributed by atoms with Crippen molar-refractivity contribution in [1.82, 2.24) is 0 Å². The predicted octanol–water partition coefficient (Wildman–Crippen LogP) is 4.50. The lowest BCUT2D eigenvalue weighted by atomic mass is 10.1. The number of rotatable bonds is 7. The number of methoxy groups -OCH3 is 2. The first-order valence-electron chi connectivity index (χ1n) is 9.38. The van der Waals surface area contributed by atoms with Gasteiger partial charge in [-0.3, -0.25) is 9.59 Å². The van der Waals surface area contributed by atoms with Crippen molar-refractivity contribution in [2.24, 2.45) is 0 Å². The van der Waals surface area contributed by atoms with E-state index >= 15 is 0 Å². The molecule has 0 heterocycles. The molecule has 0 unspecified atom stereocenters. The highest BCUT2D eigenvalue weighted by Gasteiger charge is 2.21. The third kappa shape index (κ3) is 5.27. The zero-order valence-electron chi connectivity index (χ0n) is 17.0. The van der Waals surface area contributed by atoms with Gasteiger partial charge in [-0.05, 0) is 36.4 Å². The molecule has 2 N–H and O–H groups in total. The third-order valence-corrected chi connectivity index (χ3v) is 4.40. The lowest BCUT2D eigenvalue weighted by Gasteiger charge is -2.14. The van der Waals surface area contributed by atoms with Crippen LogP contribution in [0.15, 0.2) is 78.4 Å². The number of hydrogen-bond acceptors (Lipinski definition) is 4. The first kappa shape index (κ1) is 21.6. The smallest absolute Gasteiger partial charge is 0.261 e. The minimum Gasteiger partial charge on any atom is -0.495 e. The van der Waals surface area contributed by atoms with Gasteiger partial charge in [0.05, 0.1) is 25.6 Å². The molecule has 0 aliphatic heterocycles. The van der Waals surface area contributed by atoms with Crippen molar-refractivity contribution in [3.63, 3.8) is 0 Å². The van der Waals surface area contributed by atoms with Crippen molar-refractivity contribution in [2.75, 3.05) is 24.9 Å². The van der Waals surface area contributed by atoms with Gasteiger partial charge in [-0.1, -0.05) is 42.5 Å². The lowest BCUT2D eigenvalue weighted by Crippen LogP contribution is -2.25. The molecule has 3 rings (SSSR count). The monoisotopic (exact) mass is 420 g/mol. The second-order valence-corrected chi connectivity index (χ2v) is 6.39.